The first kappa shape index (κ1) is 18.6. The molecule has 25 heavy (non-hydrogen) atoms. The first-order valence-corrected chi connectivity index (χ1v) is 7.92. The van der Waals surface area contributed by atoms with Gasteiger partial charge < -0.3 is 10.2 Å². The molecule has 2 amide bonds. The topological polar surface area (TPSA) is 49.4 Å². The third-order valence-corrected chi connectivity index (χ3v) is 3.74. The van der Waals surface area contributed by atoms with Crippen LogP contribution in [0.3, 0.4) is 0 Å². The average molecular weight is 346 g/mol. The largest absolute Gasteiger partial charge is 0.354 e. The van der Waals surface area contributed by atoms with Gasteiger partial charge in [0.15, 0.2) is 11.6 Å². The van der Waals surface area contributed by atoms with E-state index in [1.54, 1.807) is 0 Å². The van der Waals surface area contributed by atoms with Crippen LogP contribution in [-0.2, 0) is 16.0 Å². The van der Waals surface area contributed by atoms with Gasteiger partial charge in [-0.15, -0.1) is 0 Å². The Morgan fingerprint density at radius 2 is 1.72 bits per heavy atom. The summed E-state index contributed by atoms with van der Waals surface area (Å²) >= 11 is 0. The van der Waals surface area contributed by atoms with Crippen LogP contribution in [0.4, 0.5) is 14.5 Å². The fourth-order valence-corrected chi connectivity index (χ4v) is 2.38. The van der Waals surface area contributed by atoms with Gasteiger partial charge in [-0.2, -0.15) is 0 Å². The van der Waals surface area contributed by atoms with Crippen LogP contribution >= 0.6 is 0 Å². The van der Waals surface area contributed by atoms with Gasteiger partial charge >= 0.3 is 0 Å². The maximum absolute atomic E-state index is 13.3. The maximum atomic E-state index is 13.3. The van der Waals surface area contributed by atoms with Gasteiger partial charge in [0.05, 0.1) is 6.42 Å². The number of anilines is 1. The summed E-state index contributed by atoms with van der Waals surface area (Å²) in [5, 5.41) is 2.73. The second kappa shape index (κ2) is 8.37. The second-order valence-corrected chi connectivity index (χ2v) is 5.78. The lowest BCUT2D eigenvalue weighted by molar-refractivity contribution is -0.121. The number of carbonyl (C=O) groups is 2. The Balaban J connectivity index is 1.90. The zero-order chi connectivity index (χ0) is 18.4. The predicted octanol–water partition coefficient (Wildman–Crippen LogP) is 2.99. The highest BCUT2D eigenvalue weighted by atomic mass is 19.2. The second-order valence-electron chi connectivity index (χ2n) is 5.78. The number of amides is 2. The van der Waals surface area contributed by atoms with Gasteiger partial charge in [-0.05, 0) is 24.6 Å². The first-order chi connectivity index (χ1) is 11.9. The molecule has 2 rings (SSSR count). The molecule has 2 aromatic carbocycles. The summed E-state index contributed by atoms with van der Waals surface area (Å²) < 4.78 is 26.4. The van der Waals surface area contributed by atoms with Crippen LogP contribution in [0.25, 0.3) is 0 Å². The molecule has 0 saturated heterocycles. The smallest absolute Gasteiger partial charge is 0.224 e. The lowest BCUT2D eigenvalue weighted by Gasteiger charge is -2.21. The zero-order valence-corrected chi connectivity index (χ0v) is 14.2. The van der Waals surface area contributed by atoms with Crippen LogP contribution in [0.5, 0.6) is 0 Å². The first-order valence-electron chi connectivity index (χ1n) is 7.92. The number of rotatable bonds is 6. The van der Waals surface area contributed by atoms with Crippen LogP contribution in [0.1, 0.15) is 18.1 Å². The summed E-state index contributed by atoms with van der Waals surface area (Å²) in [6.45, 7) is 3.68. The Bertz CT molecular complexity index is 761. The van der Waals surface area contributed by atoms with Crippen molar-refractivity contribution in [2.75, 3.05) is 18.0 Å². The number of carbonyl (C=O) groups excluding carboxylic acids is 2. The SMILES string of the molecule is CC(=O)N(CCNC(=O)Cc1ccc(C)cc1)c1ccc(F)c(F)c1. The molecule has 0 radical (unpaired) electrons. The molecule has 0 aliphatic rings. The van der Waals surface area contributed by atoms with Gasteiger partial charge in [-0.3, -0.25) is 9.59 Å². The van der Waals surface area contributed by atoms with Crippen LogP contribution in [0.2, 0.25) is 0 Å². The lowest BCUT2D eigenvalue weighted by atomic mass is 10.1. The number of nitrogens with one attached hydrogen (secondary N) is 1. The van der Waals surface area contributed by atoms with E-state index in [4.69, 9.17) is 0 Å². The van der Waals surface area contributed by atoms with E-state index in [1.165, 1.54) is 17.9 Å². The van der Waals surface area contributed by atoms with Crippen molar-refractivity contribution in [2.45, 2.75) is 20.3 Å². The fourth-order valence-electron chi connectivity index (χ4n) is 2.38. The monoisotopic (exact) mass is 346 g/mol. The summed E-state index contributed by atoms with van der Waals surface area (Å²) in [5.74, 6) is -2.48. The molecule has 1 N–H and O–H groups in total. The summed E-state index contributed by atoms with van der Waals surface area (Å²) in [6, 6.07) is 10.9. The molecule has 132 valence electrons. The molecule has 0 aromatic heterocycles. The zero-order valence-electron chi connectivity index (χ0n) is 14.2. The van der Waals surface area contributed by atoms with Crippen molar-refractivity contribution in [2.24, 2.45) is 0 Å². The number of aryl methyl sites for hydroxylation is 1. The van der Waals surface area contributed by atoms with E-state index in [1.807, 2.05) is 31.2 Å². The van der Waals surface area contributed by atoms with Crippen LogP contribution in [-0.4, -0.2) is 24.9 Å². The van der Waals surface area contributed by atoms with Crippen molar-refractivity contribution < 1.29 is 18.4 Å². The van der Waals surface area contributed by atoms with E-state index in [0.717, 1.165) is 23.3 Å². The molecule has 0 bridgehead atoms. The van der Waals surface area contributed by atoms with E-state index in [0.29, 0.717) is 0 Å². The quantitative estimate of drug-likeness (QED) is 0.874. The molecule has 0 aliphatic carbocycles. The standard InChI is InChI=1S/C19H20F2N2O2/c1-13-3-5-15(6-4-13)11-19(25)22-9-10-23(14(2)24)16-7-8-17(20)18(21)12-16/h3-8,12H,9-11H2,1-2H3,(H,22,25). The summed E-state index contributed by atoms with van der Waals surface area (Å²) in [5.41, 5.74) is 2.26. The Hall–Kier alpha value is -2.76. The normalized spacial score (nSPS) is 10.4. The van der Waals surface area contributed by atoms with Crippen molar-refractivity contribution in [3.63, 3.8) is 0 Å². The van der Waals surface area contributed by atoms with Gasteiger partial charge in [-0.25, -0.2) is 8.78 Å². The molecule has 0 spiro atoms. The maximum Gasteiger partial charge on any atom is 0.224 e. The number of benzene rings is 2. The minimum absolute atomic E-state index is 0.167. The van der Waals surface area contributed by atoms with Crippen LogP contribution in [0, 0.1) is 18.6 Å². The van der Waals surface area contributed by atoms with Crippen molar-refractivity contribution in [1.29, 1.82) is 0 Å². The van der Waals surface area contributed by atoms with Gasteiger partial charge in [0.25, 0.3) is 0 Å². The molecule has 0 saturated carbocycles. The van der Waals surface area contributed by atoms with Crippen LogP contribution < -0.4 is 10.2 Å². The molecule has 0 heterocycles. The molecule has 0 aliphatic heterocycles. The third kappa shape index (κ3) is 5.38. The Morgan fingerprint density at radius 1 is 1.04 bits per heavy atom. The van der Waals surface area contributed by atoms with E-state index in [2.05, 4.69) is 5.32 Å². The summed E-state index contributed by atoms with van der Waals surface area (Å²) in [7, 11) is 0. The summed E-state index contributed by atoms with van der Waals surface area (Å²) in [4.78, 5) is 25.0. The Labute approximate surface area is 145 Å². The lowest BCUT2D eigenvalue weighted by Crippen LogP contribution is -2.38. The van der Waals surface area contributed by atoms with E-state index in [9.17, 15) is 18.4 Å². The summed E-state index contributed by atoms with van der Waals surface area (Å²) in [6.07, 6.45) is 0.242. The van der Waals surface area contributed by atoms with Crippen molar-refractivity contribution in [3.05, 3.63) is 65.2 Å². The van der Waals surface area contributed by atoms with Gasteiger partial charge in [0.2, 0.25) is 11.8 Å². The Kier molecular flexibility index (Phi) is 6.22. The van der Waals surface area contributed by atoms with Gasteiger partial charge in [-0.1, -0.05) is 29.8 Å². The third-order valence-electron chi connectivity index (χ3n) is 3.74. The highest BCUT2D eigenvalue weighted by Crippen LogP contribution is 2.17. The Morgan fingerprint density at radius 3 is 2.32 bits per heavy atom. The molecule has 6 heteroatoms. The number of halogens is 2. The number of hydrogen-bond donors (Lipinski definition) is 1. The molecule has 0 atom stereocenters. The highest BCUT2D eigenvalue weighted by molar-refractivity contribution is 5.91. The van der Waals surface area contributed by atoms with Crippen molar-refractivity contribution in [3.8, 4) is 0 Å². The van der Waals surface area contributed by atoms with E-state index < -0.39 is 11.6 Å². The van der Waals surface area contributed by atoms with Gasteiger partial charge in [0, 0.05) is 31.8 Å². The molecular formula is C19H20F2N2O2. The molecular weight excluding hydrogens is 326 g/mol. The molecule has 4 nitrogen and oxygen atoms in total. The average Bonchev–Trinajstić information content (AvgIpc) is 2.56. The fraction of sp³-hybridized carbons (Fsp3) is 0.263. The van der Waals surface area contributed by atoms with Gasteiger partial charge in [0.1, 0.15) is 0 Å². The minimum Gasteiger partial charge on any atom is -0.354 e. The van der Waals surface area contributed by atoms with E-state index in [-0.39, 0.29) is 37.0 Å². The number of nitrogens with zero attached hydrogens (tertiary/aromatic N) is 1. The van der Waals surface area contributed by atoms with E-state index >= 15 is 0 Å². The molecule has 0 unspecified atom stereocenters. The van der Waals surface area contributed by atoms with Crippen LogP contribution in [0.15, 0.2) is 42.5 Å². The van der Waals surface area contributed by atoms with Crippen molar-refractivity contribution in [1.82, 2.24) is 5.32 Å². The number of hydrogen-bond acceptors (Lipinski definition) is 2. The minimum atomic E-state index is -1.02. The molecule has 2 aromatic rings. The highest BCUT2D eigenvalue weighted by Gasteiger charge is 2.14. The predicted molar refractivity (Wildman–Crippen MR) is 92.3 cm³/mol. The molecule has 0 fully saturated rings. The van der Waals surface area contributed by atoms with Crippen molar-refractivity contribution >= 4 is 17.5 Å².